The van der Waals surface area contributed by atoms with Gasteiger partial charge in [-0.15, -0.1) is 11.3 Å². The van der Waals surface area contributed by atoms with Crippen molar-refractivity contribution in [2.24, 2.45) is 4.99 Å². The Balaban J connectivity index is 1.59. The van der Waals surface area contributed by atoms with E-state index in [0.29, 0.717) is 23.1 Å². The molecule has 0 fully saturated rings. The normalized spacial score (nSPS) is 17.8. The summed E-state index contributed by atoms with van der Waals surface area (Å²) in [6, 6.07) is 9.76. The zero-order chi connectivity index (χ0) is 21.5. The van der Waals surface area contributed by atoms with Gasteiger partial charge in [-0.2, -0.15) is 18.3 Å². The molecule has 0 N–H and O–H groups in total. The molecule has 2 unspecified atom stereocenters. The molecular weight excluding hydrogens is 415 g/mol. The molecule has 0 saturated heterocycles. The molecule has 30 heavy (non-hydrogen) atoms. The molecule has 1 aliphatic heterocycles. The third kappa shape index (κ3) is 3.62. The van der Waals surface area contributed by atoms with Crippen molar-refractivity contribution >= 4 is 23.5 Å². The van der Waals surface area contributed by atoms with Gasteiger partial charge in [-0.05, 0) is 18.6 Å². The Bertz CT molecular complexity index is 1090. The molecule has 155 valence electrons. The number of hydrogen-bond donors (Lipinski definition) is 0. The highest BCUT2D eigenvalue weighted by atomic mass is 32.1. The zero-order valence-corrected chi connectivity index (χ0v) is 16.9. The van der Waals surface area contributed by atoms with Crippen LogP contribution in [-0.2, 0) is 11.0 Å². The molecule has 4 rings (SSSR count). The second kappa shape index (κ2) is 7.67. The number of rotatable bonds is 5. The van der Waals surface area contributed by atoms with E-state index < -0.39 is 17.9 Å². The van der Waals surface area contributed by atoms with Gasteiger partial charge in [-0.25, -0.2) is 4.98 Å². The Labute approximate surface area is 174 Å². The molecule has 6 nitrogen and oxygen atoms in total. The molecule has 0 amide bonds. The van der Waals surface area contributed by atoms with E-state index in [1.807, 2.05) is 42.3 Å². The Morgan fingerprint density at radius 2 is 2.00 bits per heavy atom. The van der Waals surface area contributed by atoms with Gasteiger partial charge >= 0.3 is 6.18 Å². The molecule has 1 radical (unpaired) electrons. The summed E-state index contributed by atoms with van der Waals surface area (Å²) in [5, 5.41) is 5.60. The summed E-state index contributed by atoms with van der Waals surface area (Å²) in [6.07, 6.45) is -2.82. The molecule has 1 aliphatic rings. The van der Waals surface area contributed by atoms with Crippen molar-refractivity contribution in [1.29, 1.82) is 0 Å². The number of likely N-dealkylation sites (N-methyl/N-ethyl adjacent to an activating group) is 1. The molecule has 0 spiro atoms. The Kier molecular flexibility index (Phi) is 5.19. The van der Waals surface area contributed by atoms with Gasteiger partial charge in [0.25, 0.3) is 0 Å². The van der Waals surface area contributed by atoms with E-state index in [1.54, 1.807) is 11.7 Å². The van der Waals surface area contributed by atoms with Gasteiger partial charge in [0.05, 0.1) is 12.6 Å². The fraction of sp³-hybridized carbons (Fsp3) is 0.300. The van der Waals surface area contributed by atoms with Gasteiger partial charge in [0, 0.05) is 18.1 Å². The monoisotopic (exact) mass is 432 g/mol. The van der Waals surface area contributed by atoms with Crippen LogP contribution in [0.4, 0.5) is 13.2 Å². The topological polar surface area (TPSA) is 63.4 Å². The van der Waals surface area contributed by atoms with Crippen LogP contribution >= 0.6 is 11.3 Å². The smallest absolute Gasteiger partial charge is 0.349 e. The van der Waals surface area contributed by atoms with E-state index in [-0.39, 0.29) is 11.7 Å². The second-order valence-corrected chi connectivity index (χ2v) is 7.80. The summed E-state index contributed by atoms with van der Waals surface area (Å²) in [6.45, 7) is 2.03. The molecule has 10 heteroatoms. The van der Waals surface area contributed by atoms with Crippen LogP contribution in [0.5, 0.6) is 0 Å². The van der Waals surface area contributed by atoms with Crippen molar-refractivity contribution in [3.8, 4) is 0 Å². The lowest BCUT2D eigenvalue weighted by Crippen LogP contribution is -2.27. The van der Waals surface area contributed by atoms with Gasteiger partial charge in [0.2, 0.25) is 6.29 Å². The molecule has 3 aromatic rings. The molecule has 3 heterocycles. The first kappa shape index (κ1) is 20.3. The van der Waals surface area contributed by atoms with Crippen molar-refractivity contribution in [1.82, 2.24) is 19.7 Å². The Hall–Kier alpha value is -3.01. The number of alkyl halides is 3. The number of benzene rings is 1. The number of aliphatic imine (C=N–C) groups is 1. The minimum atomic E-state index is -4.59. The van der Waals surface area contributed by atoms with Crippen LogP contribution in [0.3, 0.4) is 0 Å². The van der Waals surface area contributed by atoms with Crippen LogP contribution in [0.25, 0.3) is 0 Å². The third-order valence-electron chi connectivity index (χ3n) is 4.95. The predicted molar refractivity (Wildman–Crippen MR) is 106 cm³/mol. The number of thiazole rings is 1. The second-order valence-electron chi connectivity index (χ2n) is 6.91. The lowest BCUT2D eigenvalue weighted by molar-refractivity contribution is -0.141. The number of aryl methyl sites for hydroxylation is 1. The Morgan fingerprint density at radius 1 is 1.27 bits per heavy atom. The SMILES string of the molecule is Cc1cc(C(F)(F)F)nn1C([C]=O)c1nc(C2=NCC(c3ccccc3)N2C)cs1. The van der Waals surface area contributed by atoms with E-state index >= 15 is 0 Å². The highest BCUT2D eigenvalue weighted by Crippen LogP contribution is 2.32. The van der Waals surface area contributed by atoms with Crippen LogP contribution in [0, 0.1) is 6.92 Å². The molecule has 1 aromatic carbocycles. The summed E-state index contributed by atoms with van der Waals surface area (Å²) >= 11 is 1.17. The highest BCUT2D eigenvalue weighted by Gasteiger charge is 2.36. The van der Waals surface area contributed by atoms with Crippen LogP contribution in [-0.4, -0.2) is 45.4 Å². The first-order valence-electron chi connectivity index (χ1n) is 9.08. The average Bonchev–Trinajstić information content (AvgIpc) is 3.42. The maximum atomic E-state index is 13.0. The van der Waals surface area contributed by atoms with E-state index in [1.165, 1.54) is 18.3 Å². The van der Waals surface area contributed by atoms with E-state index in [9.17, 15) is 18.0 Å². The number of halogens is 3. The lowest BCUT2D eigenvalue weighted by Gasteiger charge is -2.22. The summed E-state index contributed by atoms with van der Waals surface area (Å²) in [5.74, 6) is 0.671. The van der Waals surface area contributed by atoms with Crippen LogP contribution in [0.15, 0.2) is 46.8 Å². The quantitative estimate of drug-likeness (QED) is 0.615. The third-order valence-corrected chi connectivity index (χ3v) is 5.85. The van der Waals surface area contributed by atoms with Crippen LogP contribution in [0.1, 0.15) is 39.7 Å². The first-order chi connectivity index (χ1) is 14.3. The van der Waals surface area contributed by atoms with E-state index in [0.717, 1.165) is 16.3 Å². The van der Waals surface area contributed by atoms with Crippen molar-refractivity contribution in [3.05, 3.63) is 69.4 Å². The zero-order valence-electron chi connectivity index (χ0n) is 16.1. The minimum Gasteiger partial charge on any atom is -0.349 e. The highest BCUT2D eigenvalue weighted by molar-refractivity contribution is 7.10. The maximum Gasteiger partial charge on any atom is 0.435 e. The van der Waals surface area contributed by atoms with Gasteiger partial charge in [-0.3, -0.25) is 14.5 Å². The van der Waals surface area contributed by atoms with Crippen molar-refractivity contribution in [2.75, 3.05) is 13.6 Å². The standard InChI is InChI=1S/C20H17F3N5OS/c1-12-8-17(20(21,22)23)26-28(12)16(10-29)19-25-14(11-30-19)18-24-9-15(27(18)2)13-6-4-3-5-7-13/h3-8,11,15-16H,9H2,1-2H3. The largest absolute Gasteiger partial charge is 0.435 e. The fourth-order valence-corrected chi connectivity index (χ4v) is 4.25. The lowest BCUT2D eigenvalue weighted by atomic mass is 10.1. The van der Waals surface area contributed by atoms with Gasteiger partial charge < -0.3 is 4.90 Å². The van der Waals surface area contributed by atoms with Gasteiger partial charge in [-0.1, -0.05) is 30.3 Å². The van der Waals surface area contributed by atoms with Gasteiger partial charge in [0.1, 0.15) is 10.7 Å². The number of aromatic nitrogens is 3. The minimum absolute atomic E-state index is 0.0717. The number of amidine groups is 1. The predicted octanol–water partition coefficient (Wildman–Crippen LogP) is 3.80. The average molecular weight is 432 g/mol. The number of carbonyl (C=O) groups excluding carboxylic acids is 1. The summed E-state index contributed by atoms with van der Waals surface area (Å²) in [7, 11) is 1.92. The molecule has 0 bridgehead atoms. The van der Waals surface area contributed by atoms with Crippen LogP contribution in [0.2, 0.25) is 0 Å². The van der Waals surface area contributed by atoms with E-state index in [4.69, 9.17) is 0 Å². The van der Waals surface area contributed by atoms with Crippen molar-refractivity contribution in [2.45, 2.75) is 25.2 Å². The van der Waals surface area contributed by atoms with Crippen molar-refractivity contribution < 1.29 is 18.0 Å². The molecular formula is C20H17F3N5OS. The first-order valence-corrected chi connectivity index (χ1v) is 9.96. The van der Waals surface area contributed by atoms with Gasteiger partial charge in [0.15, 0.2) is 17.6 Å². The Morgan fingerprint density at radius 3 is 2.63 bits per heavy atom. The molecule has 2 aromatic heterocycles. The fourth-order valence-electron chi connectivity index (χ4n) is 3.43. The number of nitrogens with zero attached hydrogens (tertiary/aromatic N) is 5. The van der Waals surface area contributed by atoms with E-state index in [2.05, 4.69) is 15.1 Å². The summed E-state index contributed by atoms with van der Waals surface area (Å²) < 4.78 is 39.9. The molecule has 2 atom stereocenters. The van der Waals surface area contributed by atoms with Crippen molar-refractivity contribution in [3.63, 3.8) is 0 Å². The summed E-state index contributed by atoms with van der Waals surface area (Å²) in [5.41, 5.74) is 0.840. The summed E-state index contributed by atoms with van der Waals surface area (Å²) in [4.78, 5) is 22.7. The maximum absolute atomic E-state index is 13.0. The van der Waals surface area contributed by atoms with Crippen LogP contribution < -0.4 is 0 Å². The number of hydrogen-bond acceptors (Lipinski definition) is 6. The molecule has 0 saturated carbocycles. The molecule has 0 aliphatic carbocycles.